The highest BCUT2D eigenvalue weighted by Gasteiger charge is 2.58. The molecule has 0 radical (unpaired) electrons. The summed E-state index contributed by atoms with van der Waals surface area (Å²) in [6.07, 6.45) is -5.94. The van der Waals surface area contributed by atoms with Crippen LogP contribution < -0.4 is 0 Å². The van der Waals surface area contributed by atoms with Gasteiger partial charge >= 0.3 is 11.9 Å². The van der Waals surface area contributed by atoms with Gasteiger partial charge in [0.1, 0.15) is 18.0 Å². The van der Waals surface area contributed by atoms with Gasteiger partial charge in [0.05, 0.1) is 53.6 Å². The van der Waals surface area contributed by atoms with Crippen LogP contribution in [0, 0.1) is 29.1 Å². The van der Waals surface area contributed by atoms with Crippen molar-refractivity contribution in [2.45, 2.75) is 187 Å². The van der Waals surface area contributed by atoms with Crippen LogP contribution in [0.1, 0.15) is 108 Å². The molecule has 58 heavy (non-hydrogen) atoms. The van der Waals surface area contributed by atoms with Crippen LogP contribution >= 0.6 is 0 Å². The fourth-order valence-corrected chi connectivity index (χ4v) is 10.6. The average molecular weight is 827 g/mol. The number of carbonyl (C=O) groups is 4. The maximum Gasteiger partial charge on any atom is 0.311 e. The molecule has 0 aliphatic carbocycles. The van der Waals surface area contributed by atoms with Crippen LogP contribution in [-0.4, -0.2) is 152 Å². The Balaban J connectivity index is 1.92. The Hall–Kier alpha value is -2.24. The number of likely N-dealkylation sites (N-methyl/N-ethyl adjacent to an activating group) is 1. The van der Waals surface area contributed by atoms with Gasteiger partial charge in [0.2, 0.25) is 5.91 Å². The second-order valence-electron chi connectivity index (χ2n) is 18.7. The molecule has 0 aromatic heterocycles. The van der Waals surface area contributed by atoms with Gasteiger partial charge in [-0.3, -0.25) is 19.2 Å². The maximum atomic E-state index is 14.7. The largest absolute Gasteiger partial charge is 0.461 e. The lowest BCUT2D eigenvalue weighted by Crippen LogP contribution is -2.61. The molecule has 18 atom stereocenters. The van der Waals surface area contributed by atoms with E-state index in [4.69, 9.17) is 37.9 Å². The standard InChI is InChI=1S/C43H74N2O13/c1-17-30-41(9)20-31(47)45(14)36(41)24(4)33(48)22(2)19-43(11,52-16)38(58-40-35(55-28(8)46)29(44(12)13)18-23(3)53-40)25(5)34(26(6)39(50)56-30)57-32-21-42(10,51-15)37(49)27(7)54-32/h22-27,29-30,32,34-38,40,49H,17-21H2,1-16H3/t22-,23-,24+,25+,26-,27+,29+,30-,32+,34+,35-,36?,37+,38-,40+,41-,42-,43-/m1/s1. The van der Waals surface area contributed by atoms with Gasteiger partial charge in [0.25, 0.3) is 0 Å². The van der Waals surface area contributed by atoms with E-state index in [-0.39, 0.29) is 43.1 Å². The first-order valence-electron chi connectivity index (χ1n) is 21.1. The van der Waals surface area contributed by atoms with Crippen LogP contribution in [0.15, 0.2) is 0 Å². The summed E-state index contributed by atoms with van der Waals surface area (Å²) in [5, 5.41) is 11.1. The Kier molecular flexibility index (Phi) is 15.7. The lowest BCUT2D eigenvalue weighted by molar-refractivity contribution is -0.320. The predicted octanol–water partition coefficient (Wildman–Crippen LogP) is 4.14. The van der Waals surface area contributed by atoms with Crippen molar-refractivity contribution in [3.63, 3.8) is 0 Å². The minimum atomic E-state index is -1.23. The van der Waals surface area contributed by atoms with Crippen molar-refractivity contribution in [3.05, 3.63) is 0 Å². The van der Waals surface area contributed by atoms with E-state index < -0.39 is 107 Å². The van der Waals surface area contributed by atoms with E-state index in [1.165, 1.54) is 14.0 Å². The molecule has 4 aliphatic rings. The summed E-state index contributed by atoms with van der Waals surface area (Å²) in [6.45, 7) is 19.9. The highest BCUT2D eigenvalue weighted by atomic mass is 16.7. The molecule has 0 saturated carbocycles. The maximum absolute atomic E-state index is 14.7. The summed E-state index contributed by atoms with van der Waals surface area (Å²) >= 11 is 0. The minimum Gasteiger partial charge on any atom is -0.461 e. The van der Waals surface area contributed by atoms with Crippen molar-refractivity contribution in [1.82, 2.24) is 9.80 Å². The van der Waals surface area contributed by atoms with E-state index in [0.29, 0.717) is 12.8 Å². The number of Topliss-reactive ketones (excluding diaryl/α,β-unsaturated/α-hetero) is 1. The number of aliphatic hydroxyl groups excluding tert-OH is 1. The Morgan fingerprint density at radius 3 is 2.09 bits per heavy atom. The highest BCUT2D eigenvalue weighted by molar-refractivity contribution is 5.87. The van der Waals surface area contributed by atoms with Crippen LogP contribution in [-0.2, 0) is 57.1 Å². The van der Waals surface area contributed by atoms with Gasteiger partial charge in [-0.2, -0.15) is 0 Å². The fraction of sp³-hybridized carbons (Fsp3) is 0.907. The van der Waals surface area contributed by atoms with Crippen LogP contribution in [0.2, 0.25) is 0 Å². The number of likely N-dealkylation sites (tertiary alicyclic amines) is 1. The van der Waals surface area contributed by atoms with Crippen LogP contribution in [0.3, 0.4) is 0 Å². The number of nitrogens with zero attached hydrogens (tertiary/aromatic N) is 2. The minimum absolute atomic E-state index is 0.0677. The van der Waals surface area contributed by atoms with Gasteiger partial charge in [0, 0.05) is 64.2 Å². The zero-order valence-corrected chi connectivity index (χ0v) is 37.9. The Morgan fingerprint density at radius 2 is 1.53 bits per heavy atom. The molecule has 334 valence electrons. The quantitative estimate of drug-likeness (QED) is 0.330. The molecule has 1 amide bonds. The number of ether oxygens (including phenoxy) is 8. The normalized spacial score (nSPS) is 46.1. The van der Waals surface area contributed by atoms with Crippen molar-refractivity contribution in [3.8, 4) is 0 Å². The molecule has 4 fully saturated rings. The third-order valence-electron chi connectivity index (χ3n) is 14.0. The number of fused-ring (bicyclic) bond motifs is 1. The molecule has 4 aliphatic heterocycles. The monoisotopic (exact) mass is 827 g/mol. The summed E-state index contributed by atoms with van der Waals surface area (Å²) in [4.78, 5) is 59.0. The first-order chi connectivity index (χ1) is 26.9. The van der Waals surface area contributed by atoms with E-state index in [9.17, 15) is 24.3 Å². The van der Waals surface area contributed by atoms with Crippen LogP contribution in [0.25, 0.3) is 0 Å². The Morgan fingerprint density at radius 1 is 0.914 bits per heavy atom. The zero-order chi connectivity index (χ0) is 43.8. The fourth-order valence-electron chi connectivity index (χ4n) is 10.6. The molecule has 0 aromatic carbocycles. The van der Waals surface area contributed by atoms with E-state index >= 15 is 0 Å². The number of ketones is 1. The summed E-state index contributed by atoms with van der Waals surface area (Å²) < 4.78 is 51.3. The molecular formula is C43H74N2O13. The molecule has 0 aromatic rings. The average Bonchev–Trinajstić information content (AvgIpc) is 3.39. The van der Waals surface area contributed by atoms with Gasteiger partial charge in [-0.15, -0.1) is 0 Å². The van der Waals surface area contributed by atoms with Crippen molar-refractivity contribution >= 4 is 23.6 Å². The number of esters is 2. The Labute approximate surface area is 346 Å². The molecule has 0 spiro atoms. The third kappa shape index (κ3) is 9.61. The lowest BCUT2D eigenvalue weighted by Gasteiger charge is -2.50. The smallest absolute Gasteiger partial charge is 0.311 e. The molecule has 4 heterocycles. The second kappa shape index (κ2) is 18.8. The molecule has 1 unspecified atom stereocenters. The Bertz CT molecular complexity index is 1460. The number of aliphatic hydroxyl groups is 1. The first kappa shape index (κ1) is 48.4. The topological polar surface area (TPSA) is 169 Å². The van der Waals surface area contributed by atoms with E-state index in [1.54, 1.807) is 39.8 Å². The summed E-state index contributed by atoms with van der Waals surface area (Å²) in [7, 11) is 8.61. The van der Waals surface area contributed by atoms with Crippen molar-refractivity contribution in [2.75, 3.05) is 35.4 Å². The summed E-state index contributed by atoms with van der Waals surface area (Å²) in [6, 6.07) is -0.804. The van der Waals surface area contributed by atoms with Crippen molar-refractivity contribution in [2.24, 2.45) is 29.1 Å². The second-order valence-corrected chi connectivity index (χ2v) is 18.7. The number of amides is 1. The molecule has 15 heteroatoms. The molecule has 4 rings (SSSR count). The van der Waals surface area contributed by atoms with Gasteiger partial charge in [-0.05, 0) is 68.0 Å². The molecule has 15 nitrogen and oxygen atoms in total. The van der Waals surface area contributed by atoms with E-state index in [1.807, 2.05) is 67.5 Å². The summed E-state index contributed by atoms with van der Waals surface area (Å²) in [5.74, 6) is -4.06. The van der Waals surface area contributed by atoms with Gasteiger partial charge < -0.3 is 52.8 Å². The molecule has 4 saturated heterocycles. The van der Waals surface area contributed by atoms with Gasteiger partial charge in [-0.25, -0.2) is 0 Å². The number of cyclic esters (lactones) is 1. The third-order valence-corrected chi connectivity index (χ3v) is 14.0. The molecular weight excluding hydrogens is 752 g/mol. The molecule has 0 bridgehead atoms. The number of hydrogen-bond acceptors (Lipinski definition) is 14. The SMILES string of the molecule is CC[C@H]1OC(=O)[C@H](C)[C@@H](O[C@H]2C[C@@](C)(OC)[C@@H](O)[C@H](C)O2)[C@H](C)[C@@H](O[C@@H]2O[C@H](C)C[C@H](N(C)C)[C@H]2OC(C)=O)[C@](C)(OC)C[C@@H](C)C(=O)[C@H](C)C2N(C)C(=O)C[C@@]21C. The number of carbonyl (C=O) groups excluding carboxylic acids is 4. The van der Waals surface area contributed by atoms with Crippen LogP contribution in [0.4, 0.5) is 0 Å². The van der Waals surface area contributed by atoms with Crippen molar-refractivity contribution in [1.29, 1.82) is 0 Å². The van der Waals surface area contributed by atoms with Crippen molar-refractivity contribution < 1.29 is 62.2 Å². The number of rotatable bonds is 9. The van der Waals surface area contributed by atoms with E-state index in [0.717, 1.165) is 0 Å². The van der Waals surface area contributed by atoms with Crippen LogP contribution in [0.5, 0.6) is 0 Å². The lowest BCUT2D eigenvalue weighted by atomic mass is 9.68. The van der Waals surface area contributed by atoms with Gasteiger partial charge in [-0.1, -0.05) is 34.6 Å². The zero-order valence-electron chi connectivity index (χ0n) is 37.9. The highest BCUT2D eigenvalue weighted by Crippen LogP contribution is 2.48. The molecule has 1 N–H and O–H groups in total. The van der Waals surface area contributed by atoms with Gasteiger partial charge in [0.15, 0.2) is 18.7 Å². The predicted molar refractivity (Wildman–Crippen MR) is 213 cm³/mol. The summed E-state index contributed by atoms with van der Waals surface area (Å²) in [5.41, 5.74) is -3.12. The number of methoxy groups -OCH3 is 2. The van der Waals surface area contributed by atoms with E-state index in [2.05, 4.69) is 0 Å². The number of hydrogen-bond donors (Lipinski definition) is 1. The first-order valence-corrected chi connectivity index (χ1v) is 21.1.